The summed E-state index contributed by atoms with van der Waals surface area (Å²) in [5, 5.41) is 0. The van der Waals surface area contributed by atoms with Gasteiger partial charge in [0.1, 0.15) is 0 Å². The van der Waals surface area contributed by atoms with E-state index in [0.717, 1.165) is 10.5 Å². The van der Waals surface area contributed by atoms with Gasteiger partial charge in [-0.1, -0.05) is 15.9 Å². The fraction of sp³-hybridized carbons (Fsp3) is 0.455. The maximum absolute atomic E-state index is 5.73. The van der Waals surface area contributed by atoms with Crippen molar-refractivity contribution in [3.05, 3.63) is 28.2 Å². The molecule has 0 amide bonds. The first-order valence-electron chi connectivity index (χ1n) is 4.93. The second-order valence-electron chi connectivity index (χ2n) is 3.82. The van der Waals surface area contributed by atoms with Gasteiger partial charge in [-0.15, -0.1) is 0 Å². The summed E-state index contributed by atoms with van der Waals surface area (Å²) in [7, 11) is 2.15. The van der Waals surface area contributed by atoms with Crippen LogP contribution in [0.4, 0.5) is 5.69 Å². The molecule has 1 saturated carbocycles. The molecule has 0 unspecified atom stereocenters. The highest BCUT2D eigenvalue weighted by molar-refractivity contribution is 9.10. The lowest BCUT2D eigenvalue weighted by molar-refractivity contribution is 0.898. The van der Waals surface area contributed by atoms with Crippen LogP contribution in [0, 0.1) is 0 Å². The molecule has 76 valence electrons. The fourth-order valence-electron chi connectivity index (χ4n) is 1.72. The summed E-state index contributed by atoms with van der Waals surface area (Å²) in [6, 6.07) is 7.06. The van der Waals surface area contributed by atoms with Crippen LogP contribution < -0.4 is 10.6 Å². The standard InChI is InChI=1S/C11H15BrN2/c1-14(10-3-4-10)11-5-2-9(12)6-8(11)7-13/h2,5-6,10H,3-4,7,13H2,1H3. The molecule has 2 nitrogen and oxygen atoms in total. The zero-order chi connectivity index (χ0) is 10.1. The Morgan fingerprint density at radius 1 is 1.50 bits per heavy atom. The predicted octanol–water partition coefficient (Wildman–Crippen LogP) is 2.51. The van der Waals surface area contributed by atoms with Gasteiger partial charge in [0, 0.05) is 29.8 Å². The molecule has 0 radical (unpaired) electrons. The molecule has 0 atom stereocenters. The summed E-state index contributed by atoms with van der Waals surface area (Å²) in [4.78, 5) is 2.34. The Bertz CT molecular complexity index is 334. The highest BCUT2D eigenvalue weighted by Gasteiger charge is 2.27. The Labute approximate surface area is 93.2 Å². The van der Waals surface area contributed by atoms with Crippen molar-refractivity contribution in [3.63, 3.8) is 0 Å². The van der Waals surface area contributed by atoms with E-state index >= 15 is 0 Å². The van der Waals surface area contributed by atoms with Crippen LogP contribution in [0.15, 0.2) is 22.7 Å². The molecule has 2 N–H and O–H groups in total. The molecule has 1 fully saturated rings. The largest absolute Gasteiger partial charge is 0.371 e. The van der Waals surface area contributed by atoms with Crippen molar-refractivity contribution in [1.29, 1.82) is 0 Å². The minimum absolute atomic E-state index is 0.603. The van der Waals surface area contributed by atoms with Gasteiger partial charge >= 0.3 is 0 Å². The molecule has 0 aromatic heterocycles. The normalized spacial score (nSPS) is 15.6. The molecule has 0 saturated heterocycles. The fourth-order valence-corrected chi connectivity index (χ4v) is 2.13. The van der Waals surface area contributed by atoms with Crippen molar-refractivity contribution in [3.8, 4) is 0 Å². The number of nitrogens with zero attached hydrogens (tertiary/aromatic N) is 1. The molecule has 1 aromatic rings. The van der Waals surface area contributed by atoms with E-state index in [-0.39, 0.29) is 0 Å². The van der Waals surface area contributed by atoms with E-state index in [1.54, 1.807) is 0 Å². The van der Waals surface area contributed by atoms with Crippen LogP contribution in [0.3, 0.4) is 0 Å². The van der Waals surface area contributed by atoms with Gasteiger partial charge in [0.25, 0.3) is 0 Å². The SMILES string of the molecule is CN(c1ccc(Br)cc1CN)C1CC1. The molecule has 0 spiro atoms. The number of rotatable bonds is 3. The molecule has 1 aliphatic rings. The molecule has 1 aromatic carbocycles. The quantitative estimate of drug-likeness (QED) is 0.899. The summed E-state index contributed by atoms with van der Waals surface area (Å²) in [5.41, 5.74) is 8.22. The summed E-state index contributed by atoms with van der Waals surface area (Å²) in [5.74, 6) is 0. The van der Waals surface area contributed by atoms with Crippen molar-refractivity contribution in [2.75, 3.05) is 11.9 Å². The molecular weight excluding hydrogens is 240 g/mol. The monoisotopic (exact) mass is 254 g/mol. The van der Waals surface area contributed by atoms with Crippen LogP contribution in [0.5, 0.6) is 0 Å². The lowest BCUT2D eigenvalue weighted by atomic mass is 10.1. The molecule has 1 aliphatic carbocycles. The zero-order valence-electron chi connectivity index (χ0n) is 8.33. The third kappa shape index (κ3) is 1.93. The number of hydrogen-bond acceptors (Lipinski definition) is 2. The second kappa shape index (κ2) is 3.91. The maximum atomic E-state index is 5.73. The number of nitrogens with two attached hydrogens (primary N) is 1. The van der Waals surface area contributed by atoms with Crippen LogP contribution in [-0.4, -0.2) is 13.1 Å². The van der Waals surface area contributed by atoms with Gasteiger partial charge in [-0.3, -0.25) is 0 Å². The molecular formula is C11H15BrN2. The van der Waals surface area contributed by atoms with E-state index in [4.69, 9.17) is 5.73 Å². The summed E-state index contributed by atoms with van der Waals surface area (Å²) >= 11 is 3.46. The van der Waals surface area contributed by atoms with Crippen molar-refractivity contribution < 1.29 is 0 Å². The lowest BCUT2D eigenvalue weighted by Crippen LogP contribution is -2.21. The van der Waals surface area contributed by atoms with Gasteiger partial charge in [0.15, 0.2) is 0 Å². The molecule has 3 heteroatoms. The Morgan fingerprint density at radius 2 is 2.21 bits per heavy atom. The van der Waals surface area contributed by atoms with Crippen LogP contribution in [0.2, 0.25) is 0 Å². The van der Waals surface area contributed by atoms with Crippen molar-refractivity contribution >= 4 is 21.6 Å². The van der Waals surface area contributed by atoms with E-state index < -0.39 is 0 Å². The smallest absolute Gasteiger partial charge is 0.0412 e. The van der Waals surface area contributed by atoms with Gasteiger partial charge < -0.3 is 10.6 Å². The van der Waals surface area contributed by atoms with Gasteiger partial charge in [0.2, 0.25) is 0 Å². The predicted molar refractivity (Wildman–Crippen MR) is 63.5 cm³/mol. The molecule has 14 heavy (non-hydrogen) atoms. The van der Waals surface area contributed by atoms with E-state index in [0.29, 0.717) is 6.54 Å². The summed E-state index contributed by atoms with van der Waals surface area (Å²) in [6.45, 7) is 0.603. The van der Waals surface area contributed by atoms with Crippen molar-refractivity contribution in [2.45, 2.75) is 25.4 Å². The van der Waals surface area contributed by atoms with Gasteiger partial charge in [-0.2, -0.15) is 0 Å². The first-order chi connectivity index (χ1) is 6.72. The number of benzene rings is 1. The number of anilines is 1. The highest BCUT2D eigenvalue weighted by Crippen LogP contribution is 2.33. The van der Waals surface area contributed by atoms with E-state index in [1.807, 2.05) is 0 Å². The summed E-state index contributed by atoms with van der Waals surface area (Å²) in [6.07, 6.45) is 2.63. The van der Waals surface area contributed by atoms with Crippen LogP contribution >= 0.6 is 15.9 Å². The average molecular weight is 255 g/mol. The Balaban J connectivity index is 2.30. The first-order valence-corrected chi connectivity index (χ1v) is 5.73. The number of halogens is 1. The first kappa shape index (κ1) is 9.99. The Hall–Kier alpha value is -0.540. The topological polar surface area (TPSA) is 29.3 Å². The highest BCUT2D eigenvalue weighted by atomic mass is 79.9. The van der Waals surface area contributed by atoms with E-state index in [2.05, 4.69) is 46.1 Å². The molecule has 0 bridgehead atoms. The number of hydrogen-bond donors (Lipinski definition) is 1. The Morgan fingerprint density at radius 3 is 2.79 bits per heavy atom. The third-order valence-corrected chi connectivity index (χ3v) is 3.23. The van der Waals surface area contributed by atoms with E-state index in [1.165, 1.54) is 24.1 Å². The minimum atomic E-state index is 0.603. The van der Waals surface area contributed by atoms with Crippen LogP contribution in [0.25, 0.3) is 0 Å². The average Bonchev–Trinajstić information content (AvgIpc) is 3.00. The molecule has 0 heterocycles. The van der Waals surface area contributed by atoms with Crippen LogP contribution in [-0.2, 0) is 6.54 Å². The van der Waals surface area contributed by atoms with E-state index in [9.17, 15) is 0 Å². The van der Waals surface area contributed by atoms with Crippen molar-refractivity contribution in [1.82, 2.24) is 0 Å². The van der Waals surface area contributed by atoms with Gasteiger partial charge in [0.05, 0.1) is 0 Å². The maximum Gasteiger partial charge on any atom is 0.0412 e. The second-order valence-corrected chi connectivity index (χ2v) is 4.73. The molecule has 2 rings (SSSR count). The minimum Gasteiger partial charge on any atom is -0.371 e. The van der Waals surface area contributed by atoms with Gasteiger partial charge in [-0.25, -0.2) is 0 Å². The van der Waals surface area contributed by atoms with Gasteiger partial charge in [-0.05, 0) is 36.6 Å². The molecule has 0 aliphatic heterocycles. The van der Waals surface area contributed by atoms with Crippen LogP contribution in [0.1, 0.15) is 18.4 Å². The third-order valence-electron chi connectivity index (χ3n) is 2.74. The Kier molecular flexibility index (Phi) is 2.79. The van der Waals surface area contributed by atoms with Crippen molar-refractivity contribution in [2.24, 2.45) is 5.73 Å². The lowest BCUT2D eigenvalue weighted by Gasteiger charge is -2.21. The zero-order valence-corrected chi connectivity index (χ0v) is 9.92. The summed E-state index contributed by atoms with van der Waals surface area (Å²) < 4.78 is 1.10.